The summed E-state index contributed by atoms with van der Waals surface area (Å²) in [6, 6.07) is 20.1. The van der Waals surface area contributed by atoms with Crippen molar-refractivity contribution >= 4 is 5.84 Å². The Hall–Kier alpha value is -3.05. The molecule has 1 aromatic carbocycles. The van der Waals surface area contributed by atoms with Crippen LogP contribution in [-0.4, -0.2) is 15.8 Å². The minimum Gasteiger partial charge on any atom is -0.302 e. The molecule has 5 heteroatoms. The number of nitrogens with one attached hydrogen (secondary N) is 2. The Bertz CT molecular complexity index is 877. The summed E-state index contributed by atoms with van der Waals surface area (Å²) in [6.07, 6.45) is 3.57. The first kappa shape index (κ1) is 14.5. The SMILES string of the molecule is CC1(c2ccccn2)N=C(c2cc(-c3ccccc3)ccn2)NN1. The number of benzene rings is 1. The van der Waals surface area contributed by atoms with Crippen LogP contribution in [0, 0.1) is 0 Å². The van der Waals surface area contributed by atoms with E-state index in [1.165, 1.54) is 0 Å². The molecule has 0 bridgehead atoms. The number of amidine groups is 1. The highest BCUT2D eigenvalue weighted by Crippen LogP contribution is 2.25. The zero-order valence-electron chi connectivity index (χ0n) is 13.3. The molecule has 0 fully saturated rings. The number of nitrogens with zero attached hydrogens (tertiary/aromatic N) is 3. The van der Waals surface area contributed by atoms with E-state index in [4.69, 9.17) is 4.99 Å². The highest BCUT2D eigenvalue weighted by atomic mass is 15.5. The Morgan fingerprint density at radius 3 is 2.46 bits per heavy atom. The normalized spacial score (nSPS) is 19.6. The highest BCUT2D eigenvalue weighted by Gasteiger charge is 2.33. The maximum absolute atomic E-state index is 4.76. The molecule has 0 saturated carbocycles. The highest BCUT2D eigenvalue weighted by molar-refractivity contribution is 5.99. The number of aromatic nitrogens is 2. The van der Waals surface area contributed by atoms with Crippen molar-refractivity contribution in [2.24, 2.45) is 4.99 Å². The molecule has 1 atom stereocenters. The molecule has 0 aliphatic carbocycles. The molecule has 2 N–H and O–H groups in total. The first-order valence-electron chi connectivity index (χ1n) is 7.81. The van der Waals surface area contributed by atoms with Crippen LogP contribution in [0.1, 0.15) is 18.3 Å². The molecular formula is C19H17N5. The van der Waals surface area contributed by atoms with E-state index in [1.807, 2.05) is 55.5 Å². The molecule has 5 nitrogen and oxygen atoms in total. The van der Waals surface area contributed by atoms with Crippen LogP contribution < -0.4 is 10.9 Å². The van der Waals surface area contributed by atoms with Gasteiger partial charge in [-0.15, -0.1) is 0 Å². The van der Waals surface area contributed by atoms with Crippen molar-refractivity contribution in [2.75, 3.05) is 0 Å². The molecule has 0 spiro atoms. The van der Waals surface area contributed by atoms with Gasteiger partial charge in [0.2, 0.25) is 0 Å². The van der Waals surface area contributed by atoms with Crippen molar-refractivity contribution in [3.8, 4) is 11.1 Å². The topological polar surface area (TPSA) is 62.2 Å². The molecule has 1 aliphatic rings. The van der Waals surface area contributed by atoms with Gasteiger partial charge in [0.05, 0.1) is 5.69 Å². The van der Waals surface area contributed by atoms with E-state index in [1.54, 1.807) is 12.4 Å². The summed E-state index contributed by atoms with van der Waals surface area (Å²) in [5, 5.41) is 0. The van der Waals surface area contributed by atoms with Crippen LogP contribution in [0.2, 0.25) is 0 Å². The van der Waals surface area contributed by atoms with Gasteiger partial charge in [-0.1, -0.05) is 36.4 Å². The second-order valence-corrected chi connectivity index (χ2v) is 5.79. The summed E-state index contributed by atoms with van der Waals surface area (Å²) in [5.41, 5.74) is 9.64. The number of hydrogen-bond acceptors (Lipinski definition) is 5. The van der Waals surface area contributed by atoms with Crippen LogP contribution in [0.15, 0.2) is 78.0 Å². The van der Waals surface area contributed by atoms with Crippen molar-refractivity contribution in [1.82, 2.24) is 20.8 Å². The maximum Gasteiger partial charge on any atom is 0.168 e. The van der Waals surface area contributed by atoms with Gasteiger partial charge in [-0.25, -0.2) is 10.4 Å². The van der Waals surface area contributed by atoms with Gasteiger partial charge in [-0.3, -0.25) is 9.97 Å². The monoisotopic (exact) mass is 315 g/mol. The van der Waals surface area contributed by atoms with Crippen molar-refractivity contribution in [1.29, 1.82) is 0 Å². The molecule has 0 saturated heterocycles. The second-order valence-electron chi connectivity index (χ2n) is 5.79. The predicted molar refractivity (Wildman–Crippen MR) is 94.1 cm³/mol. The van der Waals surface area contributed by atoms with E-state index in [-0.39, 0.29) is 0 Å². The van der Waals surface area contributed by atoms with Crippen molar-refractivity contribution in [3.05, 3.63) is 84.4 Å². The summed E-state index contributed by atoms with van der Waals surface area (Å²) in [6.45, 7) is 1.98. The lowest BCUT2D eigenvalue weighted by atomic mass is 10.1. The quantitative estimate of drug-likeness (QED) is 0.780. The third-order valence-corrected chi connectivity index (χ3v) is 4.03. The standard InChI is InChI=1S/C19H17N5/c1-19(17-9-5-6-11-21-17)22-18(23-24-19)16-13-15(10-12-20-16)14-7-3-2-4-8-14/h2-13,24H,1H3,(H,22,23). The smallest absolute Gasteiger partial charge is 0.168 e. The summed E-state index contributed by atoms with van der Waals surface area (Å²) in [5.74, 6) is 0.709. The van der Waals surface area contributed by atoms with E-state index in [9.17, 15) is 0 Å². The molecule has 2 aromatic heterocycles. The third kappa shape index (κ3) is 2.66. The summed E-state index contributed by atoms with van der Waals surface area (Å²) < 4.78 is 0. The Morgan fingerprint density at radius 2 is 1.67 bits per heavy atom. The molecule has 0 amide bonds. The molecule has 118 valence electrons. The average Bonchev–Trinajstić information content (AvgIpc) is 3.07. The zero-order chi connectivity index (χ0) is 16.4. The fourth-order valence-corrected chi connectivity index (χ4v) is 2.72. The Balaban J connectivity index is 1.69. The van der Waals surface area contributed by atoms with Gasteiger partial charge in [-0.2, -0.15) is 0 Å². The molecule has 3 aromatic rings. The van der Waals surface area contributed by atoms with E-state index in [2.05, 4.69) is 33.0 Å². The van der Waals surface area contributed by atoms with Gasteiger partial charge in [0.15, 0.2) is 11.5 Å². The third-order valence-electron chi connectivity index (χ3n) is 4.03. The number of rotatable bonds is 3. The van der Waals surface area contributed by atoms with Crippen LogP contribution in [-0.2, 0) is 5.66 Å². The maximum atomic E-state index is 4.76. The minimum absolute atomic E-state index is 0.610. The van der Waals surface area contributed by atoms with Crippen molar-refractivity contribution in [2.45, 2.75) is 12.6 Å². The van der Waals surface area contributed by atoms with Crippen molar-refractivity contribution in [3.63, 3.8) is 0 Å². The molecule has 0 radical (unpaired) electrons. The van der Waals surface area contributed by atoms with Crippen LogP contribution in [0.3, 0.4) is 0 Å². The number of hydrogen-bond donors (Lipinski definition) is 2. The van der Waals surface area contributed by atoms with Crippen LogP contribution >= 0.6 is 0 Å². The average molecular weight is 315 g/mol. The predicted octanol–water partition coefficient (Wildman–Crippen LogP) is 2.87. The van der Waals surface area contributed by atoms with Gasteiger partial charge in [0, 0.05) is 12.4 Å². The van der Waals surface area contributed by atoms with Gasteiger partial charge >= 0.3 is 0 Å². The minimum atomic E-state index is -0.610. The first-order valence-corrected chi connectivity index (χ1v) is 7.81. The first-order chi connectivity index (χ1) is 11.7. The van der Waals surface area contributed by atoms with E-state index in [0.29, 0.717) is 5.84 Å². The number of hydrazine groups is 1. The number of pyridine rings is 2. The molecule has 1 unspecified atom stereocenters. The lowest BCUT2D eigenvalue weighted by Crippen LogP contribution is -2.42. The molecular weight excluding hydrogens is 298 g/mol. The van der Waals surface area contributed by atoms with E-state index < -0.39 is 5.66 Å². The molecule has 1 aliphatic heterocycles. The Morgan fingerprint density at radius 1 is 0.833 bits per heavy atom. The van der Waals surface area contributed by atoms with Crippen molar-refractivity contribution < 1.29 is 0 Å². The number of aliphatic imine (C=N–C) groups is 1. The van der Waals surface area contributed by atoms with Gasteiger partial charge in [0.1, 0.15) is 5.69 Å². The fourth-order valence-electron chi connectivity index (χ4n) is 2.72. The van der Waals surface area contributed by atoms with Crippen LogP contribution in [0.5, 0.6) is 0 Å². The van der Waals surface area contributed by atoms with E-state index >= 15 is 0 Å². The fraction of sp³-hybridized carbons (Fsp3) is 0.105. The second kappa shape index (κ2) is 5.86. The molecule has 4 rings (SSSR count). The summed E-state index contributed by atoms with van der Waals surface area (Å²) >= 11 is 0. The van der Waals surface area contributed by atoms with Crippen LogP contribution in [0.4, 0.5) is 0 Å². The zero-order valence-corrected chi connectivity index (χ0v) is 13.3. The van der Waals surface area contributed by atoms with Gasteiger partial charge < -0.3 is 5.43 Å². The Labute approximate surface area is 140 Å². The van der Waals surface area contributed by atoms with Gasteiger partial charge in [-0.05, 0) is 42.3 Å². The summed E-state index contributed by atoms with van der Waals surface area (Å²) in [4.78, 5) is 13.6. The van der Waals surface area contributed by atoms with Gasteiger partial charge in [0.25, 0.3) is 0 Å². The summed E-state index contributed by atoms with van der Waals surface area (Å²) in [7, 11) is 0. The Kier molecular flexibility index (Phi) is 3.55. The molecule has 24 heavy (non-hydrogen) atoms. The van der Waals surface area contributed by atoms with Crippen LogP contribution in [0.25, 0.3) is 11.1 Å². The lowest BCUT2D eigenvalue weighted by Gasteiger charge is -2.19. The molecule has 3 heterocycles. The largest absolute Gasteiger partial charge is 0.302 e. The van der Waals surface area contributed by atoms with E-state index in [0.717, 1.165) is 22.5 Å². The lowest BCUT2D eigenvalue weighted by molar-refractivity contribution is 0.387.